The number of anilines is 2. The predicted octanol–water partition coefficient (Wildman–Crippen LogP) is 5.43. The molecule has 6 nitrogen and oxygen atoms in total. The number of hydrogen-bond donors (Lipinski definition) is 2. The second kappa shape index (κ2) is 8.03. The fourth-order valence-electron chi connectivity index (χ4n) is 3.90. The van der Waals surface area contributed by atoms with E-state index in [1.807, 2.05) is 75.5 Å². The molecule has 33 heavy (non-hydrogen) atoms. The van der Waals surface area contributed by atoms with E-state index in [2.05, 4.69) is 37.3 Å². The van der Waals surface area contributed by atoms with Gasteiger partial charge in [0, 0.05) is 23.8 Å². The van der Waals surface area contributed by atoms with Crippen LogP contribution in [0.3, 0.4) is 0 Å². The number of pyridine rings is 1. The quantitative estimate of drug-likeness (QED) is 0.442. The van der Waals surface area contributed by atoms with Crippen LogP contribution in [0.5, 0.6) is 0 Å². The van der Waals surface area contributed by atoms with Gasteiger partial charge in [0.05, 0.1) is 10.8 Å². The molecule has 2 aromatic carbocycles. The second-order valence-corrected chi connectivity index (χ2v) is 10.0. The van der Waals surface area contributed by atoms with E-state index in [1.54, 1.807) is 4.68 Å². The average molecular weight is 442 g/mol. The Kier molecular flexibility index (Phi) is 5.48. The van der Waals surface area contributed by atoms with E-state index >= 15 is 0 Å². The lowest BCUT2D eigenvalue weighted by molar-refractivity contribution is -0.120. The van der Waals surface area contributed by atoms with Crippen LogP contribution in [0.25, 0.3) is 22.2 Å². The van der Waals surface area contributed by atoms with Crippen molar-refractivity contribution < 1.29 is 4.79 Å². The highest BCUT2D eigenvalue weighted by Crippen LogP contribution is 2.36. The van der Waals surface area contributed by atoms with E-state index in [9.17, 15) is 4.79 Å². The van der Waals surface area contributed by atoms with E-state index in [1.165, 1.54) is 0 Å². The van der Waals surface area contributed by atoms with Gasteiger partial charge in [0.25, 0.3) is 0 Å². The van der Waals surface area contributed by atoms with Gasteiger partial charge in [-0.3, -0.25) is 4.79 Å². The van der Waals surface area contributed by atoms with Gasteiger partial charge in [-0.2, -0.15) is 5.10 Å². The van der Waals surface area contributed by atoms with Crippen molar-refractivity contribution in [3.63, 3.8) is 0 Å². The molecular weight excluding hydrogens is 410 g/mol. The van der Waals surface area contributed by atoms with E-state index < -0.39 is 5.41 Å². The van der Waals surface area contributed by atoms with Gasteiger partial charge in [0.15, 0.2) is 11.5 Å². The lowest BCUT2D eigenvalue weighted by atomic mass is 9.83. The highest BCUT2D eigenvalue weighted by Gasteiger charge is 2.29. The Balaban J connectivity index is 1.68. The van der Waals surface area contributed by atoms with Gasteiger partial charge in [0.2, 0.25) is 5.91 Å². The van der Waals surface area contributed by atoms with Crippen molar-refractivity contribution in [1.82, 2.24) is 14.8 Å². The lowest BCUT2D eigenvalue weighted by Gasteiger charge is -2.24. The molecule has 0 aliphatic heterocycles. The van der Waals surface area contributed by atoms with Gasteiger partial charge >= 0.3 is 0 Å². The van der Waals surface area contributed by atoms with Crippen molar-refractivity contribution in [2.45, 2.75) is 45.4 Å². The monoisotopic (exact) mass is 441 g/mol. The Hall–Kier alpha value is -3.67. The van der Waals surface area contributed by atoms with Crippen molar-refractivity contribution in [2.75, 3.05) is 11.1 Å². The first-order valence-electron chi connectivity index (χ1n) is 11.1. The summed E-state index contributed by atoms with van der Waals surface area (Å²) in [6.45, 7) is 10.3. The number of nitrogens with two attached hydrogens (primary N) is 1. The van der Waals surface area contributed by atoms with Gasteiger partial charge < -0.3 is 11.1 Å². The number of carbonyl (C=O) groups is 1. The summed E-state index contributed by atoms with van der Waals surface area (Å²) in [5.74, 6) is 0.400. The molecule has 2 aromatic heterocycles. The normalized spacial score (nSPS) is 12.2. The standard InChI is InChI=1S/C27H31N5O/c1-26(2,3)21-16-20(22-23(28)31-32(6)24(22)30-21)17-12-14-19(15-13-17)29-25(33)27(4,5)18-10-8-7-9-11-18/h7-16H,1-6H3,(H2,28,31)(H,29,33). The topological polar surface area (TPSA) is 85.8 Å². The number of hydrogen-bond acceptors (Lipinski definition) is 4. The third kappa shape index (κ3) is 4.21. The molecule has 0 fully saturated rings. The van der Waals surface area contributed by atoms with Crippen LogP contribution < -0.4 is 11.1 Å². The van der Waals surface area contributed by atoms with Crippen molar-refractivity contribution in [2.24, 2.45) is 7.05 Å². The molecule has 0 radical (unpaired) electrons. The van der Waals surface area contributed by atoms with Crippen LogP contribution in [-0.4, -0.2) is 20.7 Å². The first kappa shape index (κ1) is 22.5. The second-order valence-electron chi connectivity index (χ2n) is 10.0. The number of nitrogen functional groups attached to an aromatic ring is 1. The maximum absolute atomic E-state index is 13.0. The third-order valence-electron chi connectivity index (χ3n) is 6.11. The van der Waals surface area contributed by atoms with Crippen LogP contribution in [0.1, 0.15) is 45.9 Å². The molecule has 0 saturated carbocycles. The fourth-order valence-corrected chi connectivity index (χ4v) is 3.90. The molecule has 0 spiro atoms. The largest absolute Gasteiger partial charge is 0.382 e. The number of rotatable bonds is 4. The molecule has 0 aliphatic rings. The van der Waals surface area contributed by atoms with Gasteiger partial charge in [-0.15, -0.1) is 0 Å². The number of fused-ring (bicyclic) bond motifs is 1. The van der Waals surface area contributed by atoms with Gasteiger partial charge in [-0.25, -0.2) is 9.67 Å². The maximum atomic E-state index is 13.0. The average Bonchev–Trinajstić information content (AvgIpc) is 3.07. The van der Waals surface area contributed by atoms with E-state index in [-0.39, 0.29) is 11.3 Å². The van der Waals surface area contributed by atoms with Crippen molar-refractivity contribution in [3.05, 3.63) is 71.9 Å². The Morgan fingerprint density at radius 1 is 0.970 bits per heavy atom. The number of carbonyl (C=O) groups excluding carboxylic acids is 1. The summed E-state index contributed by atoms with van der Waals surface area (Å²) in [4.78, 5) is 17.8. The zero-order valence-electron chi connectivity index (χ0n) is 20.1. The molecule has 6 heteroatoms. The Bertz CT molecular complexity index is 1310. The number of aryl methyl sites for hydroxylation is 1. The summed E-state index contributed by atoms with van der Waals surface area (Å²) in [7, 11) is 1.86. The van der Waals surface area contributed by atoms with E-state index in [0.29, 0.717) is 5.82 Å². The molecule has 3 N–H and O–H groups in total. The van der Waals surface area contributed by atoms with Crippen molar-refractivity contribution in [3.8, 4) is 11.1 Å². The number of nitrogens with one attached hydrogen (secondary N) is 1. The zero-order valence-corrected chi connectivity index (χ0v) is 20.1. The summed E-state index contributed by atoms with van der Waals surface area (Å²) in [6, 6.07) is 19.7. The van der Waals surface area contributed by atoms with Gasteiger partial charge in [-0.1, -0.05) is 63.2 Å². The smallest absolute Gasteiger partial charge is 0.234 e. The lowest BCUT2D eigenvalue weighted by Crippen LogP contribution is -2.34. The molecule has 0 saturated heterocycles. The van der Waals surface area contributed by atoms with Crippen LogP contribution in [0.4, 0.5) is 11.5 Å². The van der Waals surface area contributed by atoms with Crippen LogP contribution in [0.2, 0.25) is 0 Å². The summed E-state index contributed by atoms with van der Waals surface area (Å²) in [5, 5.41) is 8.28. The van der Waals surface area contributed by atoms with E-state index in [4.69, 9.17) is 10.7 Å². The number of benzene rings is 2. The van der Waals surface area contributed by atoms with Gasteiger partial charge in [0.1, 0.15) is 0 Å². The van der Waals surface area contributed by atoms with E-state index in [0.717, 1.165) is 39.1 Å². The van der Waals surface area contributed by atoms with Gasteiger partial charge in [-0.05, 0) is 48.7 Å². The molecule has 4 rings (SSSR count). The van der Waals surface area contributed by atoms with Crippen LogP contribution >= 0.6 is 0 Å². The SMILES string of the molecule is Cn1nc(N)c2c(-c3ccc(NC(=O)C(C)(C)c4ccccc4)cc3)cc(C(C)(C)C)nc21. The molecule has 0 bridgehead atoms. The summed E-state index contributed by atoms with van der Waals surface area (Å²) < 4.78 is 1.73. The molecular formula is C27H31N5O. The minimum absolute atomic E-state index is 0.0562. The first-order chi connectivity index (χ1) is 15.5. The molecule has 170 valence electrons. The molecule has 0 unspecified atom stereocenters. The van der Waals surface area contributed by atoms with Crippen molar-refractivity contribution >= 4 is 28.4 Å². The number of aromatic nitrogens is 3. The Morgan fingerprint density at radius 3 is 2.21 bits per heavy atom. The fraction of sp³-hybridized carbons (Fsp3) is 0.296. The first-order valence-corrected chi connectivity index (χ1v) is 11.1. The molecule has 4 aromatic rings. The summed E-state index contributed by atoms with van der Waals surface area (Å²) in [6.07, 6.45) is 0. The predicted molar refractivity (Wildman–Crippen MR) is 135 cm³/mol. The van der Waals surface area contributed by atoms with Crippen LogP contribution in [0, 0.1) is 0 Å². The minimum atomic E-state index is -0.650. The Morgan fingerprint density at radius 2 is 1.61 bits per heavy atom. The summed E-state index contributed by atoms with van der Waals surface area (Å²) >= 11 is 0. The zero-order chi connectivity index (χ0) is 24.0. The Labute approximate surface area is 194 Å². The minimum Gasteiger partial charge on any atom is -0.382 e. The third-order valence-corrected chi connectivity index (χ3v) is 6.11. The molecule has 2 heterocycles. The van der Waals surface area contributed by atoms with Crippen LogP contribution in [-0.2, 0) is 22.7 Å². The number of amides is 1. The highest BCUT2D eigenvalue weighted by molar-refractivity contribution is 6.01. The molecule has 1 amide bonds. The molecule has 0 aliphatic carbocycles. The van der Waals surface area contributed by atoms with Crippen LogP contribution in [0.15, 0.2) is 60.7 Å². The van der Waals surface area contributed by atoms with Crippen molar-refractivity contribution in [1.29, 1.82) is 0 Å². The highest BCUT2D eigenvalue weighted by atomic mass is 16.2. The summed E-state index contributed by atoms with van der Waals surface area (Å²) in [5.41, 5.74) is 10.9. The molecule has 0 atom stereocenters. The number of nitrogens with zero attached hydrogens (tertiary/aromatic N) is 3. The maximum Gasteiger partial charge on any atom is 0.234 e.